The van der Waals surface area contributed by atoms with Crippen LogP contribution in [-0.4, -0.2) is 30.1 Å². The number of benzene rings is 1. The first-order chi connectivity index (χ1) is 10.8. The Morgan fingerprint density at radius 1 is 1.36 bits per heavy atom. The lowest BCUT2D eigenvalue weighted by molar-refractivity contribution is 0.391. The number of thiophene rings is 1. The molecule has 0 radical (unpaired) electrons. The van der Waals surface area contributed by atoms with Crippen LogP contribution >= 0.6 is 11.3 Å². The predicted molar refractivity (Wildman–Crippen MR) is 90.0 cm³/mol. The number of rotatable bonds is 4. The Bertz CT molecular complexity index is 763. The summed E-state index contributed by atoms with van der Waals surface area (Å²) in [6, 6.07) is 10.3. The molecule has 0 bridgehead atoms. The number of nitrogens with one attached hydrogen (secondary N) is 1. The van der Waals surface area contributed by atoms with Crippen molar-refractivity contribution in [3.05, 3.63) is 53.2 Å². The summed E-state index contributed by atoms with van der Waals surface area (Å²) in [4.78, 5) is 6.34. The normalized spacial score (nSPS) is 11.8. The highest BCUT2D eigenvalue weighted by molar-refractivity contribution is 7.17. The lowest BCUT2D eigenvalue weighted by atomic mass is 10.2. The van der Waals surface area contributed by atoms with Crippen LogP contribution in [0.3, 0.4) is 0 Å². The average Bonchev–Trinajstić information content (AvgIpc) is 3.18. The minimum atomic E-state index is 0.653. The molecule has 1 aromatic carbocycles. The van der Waals surface area contributed by atoms with Gasteiger partial charge in [-0.1, -0.05) is 23.4 Å². The summed E-state index contributed by atoms with van der Waals surface area (Å²) in [5.74, 6) is 0.832. The molecule has 2 heterocycles. The third kappa shape index (κ3) is 3.12. The zero-order valence-corrected chi connectivity index (χ0v) is 13.4. The van der Waals surface area contributed by atoms with Crippen LogP contribution in [0.4, 0.5) is 0 Å². The van der Waals surface area contributed by atoms with Crippen molar-refractivity contribution in [2.45, 2.75) is 13.1 Å². The maximum absolute atomic E-state index is 4.86. The Labute approximate surface area is 133 Å². The quantitative estimate of drug-likeness (QED) is 0.594. The zero-order valence-electron chi connectivity index (χ0n) is 12.6. The molecular weight excluding hydrogens is 296 g/mol. The molecule has 114 valence electrons. The molecule has 1 N–H and O–H groups in total. The van der Waals surface area contributed by atoms with E-state index in [1.165, 1.54) is 15.6 Å². The molecule has 6 heteroatoms. The van der Waals surface area contributed by atoms with Crippen LogP contribution in [0.5, 0.6) is 0 Å². The van der Waals surface area contributed by atoms with E-state index in [-0.39, 0.29) is 0 Å². The Morgan fingerprint density at radius 2 is 2.23 bits per heavy atom. The van der Waals surface area contributed by atoms with Crippen molar-refractivity contribution < 1.29 is 4.52 Å². The molecule has 0 atom stereocenters. The fourth-order valence-corrected chi connectivity index (χ4v) is 3.33. The van der Waals surface area contributed by atoms with E-state index in [2.05, 4.69) is 45.1 Å². The van der Waals surface area contributed by atoms with Crippen LogP contribution in [0, 0.1) is 0 Å². The van der Waals surface area contributed by atoms with E-state index in [4.69, 9.17) is 4.52 Å². The molecule has 2 aromatic heterocycles. The van der Waals surface area contributed by atoms with E-state index >= 15 is 0 Å². The highest BCUT2D eigenvalue weighted by Gasteiger charge is 2.09. The van der Waals surface area contributed by atoms with Crippen molar-refractivity contribution in [1.29, 1.82) is 0 Å². The molecule has 0 aliphatic rings. The lowest BCUT2D eigenvalue weighted by Gasteiger charge is -2.20. The van der Waals surface area contributed by atoms with Gasteiger partial charge in [-0.2, -0.15) is 0 Å². The first-order valence-corrected chi connectivity index (χ1v) is 7.92. The highest BCUT2D eigenvalue weighted by Crippen LogP contribution is 2.25. The second kappa shape index (κ2) is 6.62. The summed E-state index contributed by atoms with van der Waals surface area (Å²) in [6.07, 6.45) is 1.58. The van der Waals surface area contributed by atoms with Gasteiger partial charge in [-0.05, 0) is 22.4 Å². The maximum atomic E-state index is 4.86. The fourth-order valence-electron chi connectivity index (χ4n) is 2.37. The van der Waals surface area contributed by atoms with Gasteiger partial charge in [-0.3, -0.25) is 4.99 Å². The summed E-state index contributed by atoms with van der Waals surface area (Å²) in [7, 11) is 3.77. The first kappa shape index (κ1) is 14.6. The summed E-state index contributed by atoms with van der Waals surface area (Å²) in [5.41, 5.74) is 2.17. The predicted octanol–water partition coefficient (Wildman–Crippen LogP) is 3.10. The molecule has 0 saturated heterocycles. The van der Waals surface area contributed by atoms with Crippen LogP contribution in [0.2, 0.25) is 0 Å². The minimum Gasteiger partial charge on any atom is -0.364 e. The van der Waals surface area contributed by atoms with Crippen molar-refractivity contribution in [2.24, 2.45) is 4.99 Å². The van der Waals surface area contributed by atoms with Gasteiger partial charge in [0.25, 0.3) is 0 Å². The van der Waals surface area contributed by atoms with Gasteiger partial charge in [0.05, 0.1) is 6.54 Å². The Morgan fingerprint density at radius 3 is 3.00 bits per heavy atom. The van der Waals surface area contributed by atoms with Gasteiger partial charge in [0.15, 0.2) is 5.96 Å². The molecule has 0 aliphatic heterocycles. The molecule has 3 rings (SSSR count). The van der Waals surface area contributed by atoms with Crippen molar-refractivity contribution in [3.8, 4) is 0 Å². The topological polar surface area (TPSA) is 53.7 Å². The van der Waals surface area contributed by atoms with Gasteiger partial charge in [0.2, 0.25) is 0 Å². The van der Waals surface area contributed by atoms with Gasteiger partial charge < -0.3 is 14.7 Å². The smallest absolute Gasteiger partial charge is 0.194 e. The van der Waals surface area contributed by atoms with E-state index in [9.17, 15) is 0 Å². The summed E-state index contributed by atoms with van der Waals surface area (Å²) >= 11 is 1.77. The van der Waals surface area contributed by atoms with Crippen molar-refractivity contribution in [1.82, 2.24) is 15.4 Å². The first-order valence-electron chi connectivity index (χ1n) is 7.04. The summed E-state index contributed by atoms with van der Waals surface area (Å²) < 4.78 is 6.17. The second-order valence-electron chi connectivity index (χ2n) is 5.00. The largest absolute Gasteiger partial charge is 0.364 e. The fraction of sp³-hybridized carbons (Fsp3) is 0.250. The lowest BCUT2D eigenvalue weighted by Crippen LogP contribution is -2.38. The standard InChI is InChI=1S/C16H18N4OS/c1-17-16(20(2)10-13-7-8-21-19-13)18-9-12-11-22-15-6-4-3-5-14(12)15/h3-8,11H,9-10H2,1-2H3,(H,17,18). The number of aliphatic imine (C=N–C) groups is 1. The average molecular weight is 314 g/mol. The van der Waals surface area contributed by atoms with E-state index < -0.39 is 0 Å². The Hall–Kier alpha value is -2.34. The molecule has 22 heavy (non-hydrogen) atoms. The number of hydrogen-bond acceptors (Lipinski definition) is 4. The Kier molecular flexibility index (Phi) is 4.39. The van der Waals surface area contributed by atoms with E-state index in [1.807, 2.05) is 18.0 Å². The van der Waals surface area contributed by atoms with Crippen LogP contribution < -0.4 is 5.32 Å². The molecule has 0 aliphatic carbocycles. The number of hydrogen-bond donors (Lipinski definition) is 1. The minimum absolute atomic E-state index is 0.653. The molecule has 0 fully saturated rings. The van der Waals surface area contributed by atoms with Crippen molar-refractivity contribution in [2.75, 3.05) is 14.1 Å². The van der Waals surface area contributed by atoms with Gasteiger partial charge in [-0.15, -0.1) is 11.3 Å². The van der Waals surface area contributed by atoms with E-state index in [0.29, 0.717) is 6.54 Å². The van der Waals surface area contributed by atoms with Gasteiger partial charge >= 0.3 is 0 Å². The highest BCUT2D eigenvalue weighted by atomic mass is 32.1. The third-order valence-electron chi connectivity index (χ3n) is 3.46. The zero-order chi connectivity index (χ0) is 15.4. The molecule has 3 aromatic rings. The maximum Gasteiger partial charge on any atom is 0.194 e. The number of nitrogens with zero attached hydrogens (tertiary/aromatic N) is 3. The number of guanidine groups is 1. The number of fused-ring (bicyclic) bond motifs is 1. The molecule has 0 unspecified atom stereocenters. The third-order valence-corrected chi connectivity index (χ3v) is 4.47. The SMILES string of the molecule is CN=C(NCc1csc2ccccc12)N(C)Cc1ccon1. The van der Waals surface area contributed by atoms with Gasteiger partial charge in [0.1, 0.15) is 12.0 Å². The van der Waals surface area contributed by atoms with E-state index in [1.54, 1.807) is 24.6 Å². The van der Waals surface area contributed by atoms with Crippen molar-refractivity contribution >= 4 is 27.4 Å². The molecule has 0 amide bonds. The van der Waals surface area contributed by atoms with Crippen LogP contribution in [0.25, 0.3) is 10.1 Å². The molecular formula is C16H18N4OS. The summed E-state index contributed by atoms with van der Waals surface area (Å²) in [6.45, 7) is 1.40. The monoisotopic (exact) mass is 314 g/mol. The number of aromatic nitrogens is 1. The second-order valence-corrected chi connectivity index (χ2v) is 5.92. The molecule has 0 saturated carbocycles. The molecule has 0 spiro atoms. The Balaban J connectivity index is 1.66. The van der Waals surface area contributed by atoms with Crippen LogP contribution in [0.15, 0.2) is 51.5 Å². The molecule has 5 nitrogen and oxygen atoms in total. The van der Waals surface area contributed by atoms with Crippen LogP contribution in [-0.2, 0) is 13.1 Å². The summed E-state index contributed by atoms with van der Waals surface area (Å²) in [5, 5.41) is 10.8. The van der Waals surface area contributed by atoms with Gasteiger partial charge in [-0.25, -0.2) is 0 Å². The van der Waals surface area contributed by atoms with Gasteiger partial charge in [0, 0.05) is 31.4 Å². The van der Waals surface area contributed by atoms with Crippen molar-refractivity contribution in [3.63, 3.8) is 0 Å². The van der Waals surface area contributed by atoms with E-state index in [0.717, 1.165) is 18.2 Å². The van der Waals surface area contributed by atoms with Crippen LogP contribution in [0.1, 0.15) is 11.3 Å².